The summed E-state index contributed by atoms with van der Waals surface area (Å²) in [7, 11) is 0. The van der Waals surface area contributed by atoms with Crippen molar-refractivity contribution in [1.29, 1.82) is 0 Å². The minimum absolute atomic E-state index is 0.137. The molecule has 2 aromatic rings. The molecule has 3 heteroatoms. The molecule has 106 valence electrons. The van der Waals surface area contributed by atoms with Gasteiger partial charge in [0.05, 0.1) is 0 Å². The molecule has 3 nitrogen and oxygen atoms in total. The first-order valence-electron chi connectivity index (χ1n) is 7.17. The van der Waals surface area contributed by atoms with E-state index < -0.39 is 0 Å². The standard InChI is InChI=1S/C17H22N2O/c1-15-5-7-16(8-6-15)9-10-17(20)18-11-4-14-19-12-2-3-13-19/h2-3,5-8,12-13H,4,9-11,14H2,1H3,(H,18,20). The quantitative estimate of drug-likeness (QED) is 0.771. The molecule has 0 aliphatic heterocycles. The highest BCUT2D eigenvalue weighted by molar-refractivity contribution is 5.76. The lowest BCUT2D eigenvalue weighted by Crippen LogP contribution is -2.25. The number of aryl methyl sites for hydroxylation is 3. The molecule has 1 N–H and O–H groups in total. The van der Waals surface area contributed by atoms with Crippen LogP contribution in [0.4, 0.5) is 0 Å². The molecule has 0 atom stereocenters. The molecule has 0 radical (unpaired) electrons. The zero-order valence-electron chi connectivity index (χ0n) is 12.0. The van der Waals surface area contributed by atoms with Crippen molar-refractivity contribution in [3.63, 3.8) is 0 Å². The van der Waals surface area contributed by atoms with Gasteiger partial charge in [-0.05, 0) is 37.5 Å². The van der Waals surface area contributed by atoms with E-state index >= 15 is 0 Å². The molecule has 0 fully saturated rings. The molecule has 1 heterocycles. The van der Waals surface area contributed by atoms with E-state index in [2.05, 4.69) is 41.1 Å². The first kappa shape index (κ1) is 14.4. The van der Waals surface area contributed by atoms with E-state index in [1.165, 1.54) is 11.1 Å². The lowest BCUT2D eigenvalue weighted by Gasteiger charge is -2.06. The average Bonchev–Trinajstić information content (AvgIpc) is 2.96. The van der Waals surface area contributed by atoms with Crippen LogP contribution in [0.5, 0.6) is 0 Å². The van der Waals surface area contributed by atoms with Gasteiger partial charge in [-0.15, -0.1) is 0 Å². The summed E-state index contributed by atoms with van der Waals surface area (Å²) in [6, 6.07) is 12.4. The van der Waals surface area contributed by atoms with Gasteiger partial charge >= 0.3 is 0 Å². The van der Waals surface area contributed by atoms with E-state index in [9.17, 15) is 4.79 Å². The summed E-state index contributed by atoms with van der Waals surface area (Å²) in [5, 5.41) is 2.97. The predicted octanol–water partition coefficient (Wildman–Crippen LogP) is 2.94. The van der Waals surface area contributed by atoms with Crippen LogP contribution in [0.15, 0.2) is 48.8 Å². The van der Waals surface area contributed by atoms with Crippen LogP contribution in [-0.4, -0.2) is 17.0 Å². The molecule has 1 aromatic heterocycles. The van der Waals surface area contributed by atoms with Gasteiger partial charge in [0.2, 0.25) is 5.91 Å². The molecule has 1 amide bonds. The van der Waals surface area contributed by atoms with Crippen LogP contribution in [-0.2, 0) is 17.8 Å². The maximum atomic E-state index is 11.7. The van der Waals surface area contributed by atoms with Gasteiger partial charge in [0.25, 0.3) is 0 Å². The van der Waals surface area contributed by atoms with Crippen LogP contribution < -0.4 is 5.32 Å². The number of carbonyl (C=O) groups is 1. The van der Waals surface area contributed by atoms with Crippen molar-refractivity contribution in [2.24, 2.45) is 0 Å². The minimum Gasteiger partial charge on any atom is -0.356 e. The number of rotatable bonds is 7. The van der Waals surface area contributed by atoms with Crippen molar-refractivity contribution in [1.82, 2.24) is 9.88 Å². The Kier molecular flexibility index (Phi) is 5.42. The van der Waals surface area contributed by atoms with E-state index in [1.54, 1.807) is 0 Å². The first-order chi connectivity index (χ1) is 9.74. The van der Waals surface area contributed by atoms with E-state index in [0.717, 1.165) is 25.9 Å². The number of nitrogens with zero attached hydrogens (tertiary/aromatic N) is 1. The van der Waals surface area contributed by atoms with Crippen LogP contribution in [0.25, 0.3) is 0 Å². The minimum atomic E-state index is 0.137. The summed E-state index contributed by atoms with van der Waals surface area (Å²) in [5.74, 6) is 0.137. The Morgan fingerprint density at radius 2 is 1.85 bits per heavy atom. The number of amides is 1. The number of hydrogen-bond donors (Lipinski definition) is 1. The lowest BCUT2D eigenvalue weighted by atomic mass is 10.1. The van der Waals surface area contributed by atoms with Crippen LogP contribution in [0.2, 0.25) is 0 Å². The third kappa shape index (κ3) is 4.92. The van der Waals surface area contributed by atoms with E-state index in [0.29, 0.717) is 6.42 Å². The van der Waals surface area contributed by atoms with Gasteiger partial charge in [0.15, 0.2) is 0 Å². The maximum Gasteiger partial charge on any atom is 0.220 e. The van der Waals surface area contributed by atoms with Crippen molar-refractivity contribution in [2.45, 2.75) is 32.7 Å². The van der Waals surface area contributed by atoms with E-state index in [1.807, 2.05) is 24.5 Å². The van der Waals surface area contributed by atoms with Crippen molar-refractivity contribution in [3.05, 3.63) is 59.9 Å². The van der Waals surface area contributed by atoms with Gasteiger partial charge < -0.3 is 9.88 Å². The Labute approximate surface area is 120 Å². The first-order valence-corrected chi connectivity index (χ1v) is 7.17. The van der Waals surface area contributed by atoms with Crippen molar-refractivity contribution < 1.29 is 4.79 Å². The van der Waals surface area contributed by atoms with Crippen molar-refractivity contribution in [3.8, 4) is 0 Å². The van der Waals surface area contributed by atoms with Crippen LogP contribution in [0, 0.1) is 6.92 Å². The molecule has 0 saturated carbocycles. The molecular formula is C17H22N2O. The Morgan fingerprint density at radius 3 is 2.55 bits per heavy atom. The maximum absolute atomic E-state index is 11.7. The fraction of sp³-hybridized carbons (Fsp3) is 0.353. The van der Waals surface area contributed by atoms with Gasteiger partial charge in [-0.25, -0.2) is 0 Å². The summed E-state index contributed by atoms with van der Waals surface area (Å²) in [5.41, 5.74) is 2.47. The molecule has 1 aromatic carbocycles. The molecule has 2 rings (SSSR count). The second-order valence-electron chi connectivity index (χ2n) is 5.11. The number of hydrogen-bond acceptors (Lipinski definition) is 1. The highest BCUT2D eigenvalue weighted by Gasteiger charge is 2.01. The average molecular weight is 270 g/mol. The second kappa shape index (κ2) is 7.53. The van der Waals surface area contributed by atoms with E-state index in [-0.39, 0.29) is 5.91 Å². The monoisotopic (exact) mass is 270 g/mol. The smallest absolute Gasteiger partial charge is 0.220 e. The number of nitrogens with one attached hydrogen (secondary N) is 1. The molecule has 0 spiro atoms. The summed E-state index contributed by atoms with van der Waals surface area (Å²) in [4.78, 5) is 11.7. The van der Waals surface area contributed by atoms with Gasteiger partial charge in [0, 0.05) is 31.9 Å². The van der Waals surface area contributed by atoms with Gasteiger partial charge in [-0.2, -0.15) is 0 Å². The number of aromatic nitrogens is 1. The van der Waals surface area contributed by atoms with Crippen LogP contribution in [0.3, 0.4) is 0 Å². The van der Waals surface area contributed by atoms with Crippen LogP contribution >= 0.6 is 0 Å². The SMILES string of the molecule is Cc1ccc(CCC(=O)NCCCn2cccc2)cc1. The molecule has 0 unspecified atom stereocenters. The normalized spacial score (nSPS) is 10.4. The molecular weight excluding hydrogens is 248 g/mol. The Bertz CT molecular complexity index is 514. The summed E-state index contributed by atoms with van der Waals surface area (Å²) in [6.45, 7) is 3.76. The summed E-state index contributed by atoms with van der Waals surface area (Å²) >= 11 is 0. The van der Waals surface area contributed by atoms with Crippen molar-refractivity contribution >= 4 is 5.91 Å². The Hall–Kier alpha value is -2.03. The highest BCUT2D eigenvalue weighted by Crippen LogP contribution is 2.05. The van der Waals surface area contributed by atoms with E-state index in [4.69, 9.17) is 0 Å². The topological polar surface area (TPSA) is 34.0 Å². The third-order valence-electron chi connectivity index (χ3n) is 3.34. The molecule has 0 aliphatic rings. The zero-order chi connectivity index (χ0) is 14.2. The van der Waals surface area contributed by atoms with Crippen molar-refractivity contribution in [2.75, 3.05) is 6.54 Å². The van der Waals surface area contributed by atoms with Gasteiger partial charge in [-0.3, -0.25) is 4.79 Å². The lowest BCUT2D eigenvalue weighted by molar-refractivity contribution is -0.121. The largest absolute Gasteiger partial charge is 0.356 e. The second-order valence-corrected chi connectivity index (χ2v) is 5.11. The molecule has 20 heavy (non-hydrogen) atoms. The number of carbonyl (C=O) groups excluding carboxylic acids is 1. The molecule has 0 bridgehead atoms. The number of benzene rings is 1. The molecule has 0 aliphatic carbocycles. The summed E-state index contributed by atoms with van der Waals surface area (Å²) in [6.07, 6.45) is 6.42. The predicted molar refractivity (Wildman–Crippen MR) is 81.6 cm³/mol. The highest BCUT2D eigenvalue weighted by atomic mass is 16.1. The fourth-order valence-electron chi connectivity index (χ4n) is 2.11. The van der Waals surface area contributed by atoms with Crippen LogP contribution in [0.1, 0.15) is 24.0 Å². The van der Waals surface area contributed by atoms with Gasteiger partial charge in [0.1, 0.15) is 0 Å². The van der Waals surface area contributed by atoms with Gasteiger partial charge in [-0.1, -0.05) is 29.8 Å². The Balaban J connectivity index is 1.59. The third-order valence-corrected chi connectivity index (χ3v) is 3.34. The zero-order valence-corrected chi connectivity index (χ0v) is 12.0. The Morgan fingerprint density at radius 1 is 1.15 bits per heavy atom. The summed E-state index contributed by atoms with van der Waals surface area (Å²) < 4.78 is 2.12. The fourth-order valence-corrected chi connectivity index (χ4v) is 2.11. The molecule has 0 saturated heterocycles.